The highest BCUT2D eigenvalue weighted by molar-refractivity contribution is 5.85. The van der Waals surface area contributed by atoms with E-state index in [1.165, 1.54) is 6.33 Å². The van der Waals surface area contributed by atoms with Crippen LogP contribution < -0.4 is 10.2 Å². The molecule has 0 atom stereocenters. The van der Waals surface area contributed by atoms with Gasteiger partial charge >= 0.3 is 0 Å². The van der Waals surface area contributed by atoms with Crippen LogP contribution in [0.2, 0.25) is 0 Å². The summed E-state index contributed by atoms with van der Waals surface area (Å²) < 4.78 is 2.04. The highest BCUT2D eigenvalue weighted by atomic mass is 15.3. The van der Waals surface area contributed by atoms with E-state index >= 15 is 0 Å². The van der Waals surface area contributed by atoms with Gasteiger partial charge in [0, 0.05) is 21.1 Å². The van der Waals surface area contributed by atoms with Gasteiger partial charge in [0.05, 0.1) is 30.0 Å². The Morgan fingerprint density at radius 1 is 1.25 bits per heavy atom. The molecule has 0 spiro atoms. The van der Waals surface area contributed by atoms with Crippen LogP contribution >= 0.6 is 0 Å². The van der Waals surface area contributed by atoms with Crippen molar-refractivity contribution in [3.8, 4) is 0 Å². The number of H-pyrrole nitrogens is 1. The van der Waals surface area contributed by atoms with Crippen molar-refractivity contribution in [2.75, 3.05) is 24.3 Å². The van der Waals surface area contributed by atoms with Crippen molar-refractivity contribution in [2.45, 2.75) is 6.54 Å². The molecular weight excluding hydrogens is 256 g/mol. The van der Waals surface area contributed by atoms with Gasteiger partial charge in [0.1, 0.15) is 12.1 Å². The van der Waals surface area contributed by atoms with Crippen molar-refractivity contribution in [3.63, 3.8) is 0 Å². The molecule has 3 aromatic heterocycles. The maximum Gasteiger partial charge on any atom is 0.204 e. The fraction of sp³-hybridized carbons (Fsp3) is 0.333. The summed E-state index contributed by atoms with van der Waals surface area (Å²) >= 11 is 0. The zero-order chi connectivity index (χ0) is 14.1. The molecule has 0 radical (unpaired) electrons. The molecule has 3 rings (SSSR count). The number of rotatable bonds is 4. The van der Waals surface area contributed by atoms with Gasteiger partial charge < -0.3 is 14.8 Å². The van der Waals surface area contributed by atoms with Gasteiger partial charge in [-0.25, -0.2) is 15.0 Å². The van der Waals surface area contributed by atoms with Gasteiger partial charge in [-0.1, -0.05) is 0 Å². The molecule has 104 valence electrons. The standard InChI is InChI=1S/C12H16N8/c1-19(2)12-14-5-8(20(12)3)4-13-10-9-6-17-18-11(9)16-7-15-10/h5-7H,4H2,1-3H3,(H2,13,15,16,17,18). The number of nitrogens with zero attached hydrogens (tertiary/aromatic N) is 6. The van der Waals surface area contributed by atoms with Crippen molar-refractivity contribution >= 4 is 22.8 Å². The van der Waals surface area contributed by atoms with Gasteiger partial charge in [0.2, 0.25) is 5.95 Å². The van der Waals surface area contributed by atoms with E-state index in [2.05, 4.69) is 30.5 Å². The van der Waals surface area contributed by atoms with Gasteiger partial charge in [-0.05, 0) is 0 Å². The first-order chi connectivity index (χ1) is 9.66. The normalized spacial score (nSPS) is 10.9. The molecule has 8 heteroatoms. The third-order valence-corrected chi connectivity index (χ3v) is 3.14. The van der Waals surface area contributed by atoms with Crippen LogP contribution in [0.3, 0.4) is 0 Å². The van der Waals surface area contributed by atoms with E-state index in [0.717, 1.165) is 28.5 Å². The summed E-state index contributed by atoms with van der Waals surface area (Å²) in [6, 6.07) is 0. The molecule has 0 fully saturated rings. The maximum atomic E-state index is 4.38. The zero-order valence-electron chi connectivity index (χ0n) is 11.6. The van der Waals surface area contributed by atoms with Crippen LogP contribution in [0, 0.1) is 0 Å². The van der Waals surface area contributed by atoms with Crippen LogP contribution in [0.5, 0.6) is 0 Å². The third-order valence-electron chi connectivity index (χ3n) is 3.14. The summed E-state index contributed by atoms with van der Waals surface area (Å²) in [7, 11) is 5.94. The summed E-state index contributed by atoms with van der Waals surface area (Å²) in [5.74, 6) is 1.68. The first-order valence-electron chi connectivity index (χ1n) is 6.22. The first kappa shape index (κ1) is 12.4. The van der Waals surface area contributed by atoms with E-state index in [1.807, 2.05) is 36.8 Å². The Labute approximate surface area is 115 Å². The van der Waals surface area contributed by atoms with Crippen LogP contribution in [0.1, 0.15) is 5.69 Å². The second kappa shape index (κ2) is 4.80. The van der Waals surface area contributed by atoms with Crippen LogP contribution in [-0.2, 0) is 13.6 Å². The number of hydrogen-bond donors (Lipinski definition) is 2. The van der Waals surface area contributed by atoms with Crippen LogP contribution in [0.4, 0.5) is 11.8 Å². The molecule has 0 aliphatic rings. The Morgan fingerprint density at radius 2 is 2.10 bits per heavy atom. The molecule has 0 amide bonds. The Kier molecular flexibility index (Phi) is 2.97. The number of hydrogen-bond acceptors (Lipinski definition) is 6. The molecular formula is C12H16N8. The van der Waals surface area contributed by atoms with Crippen LogP contribution in [0.25, 0.3) is 11.0 Å². The predicted octanol–water partition coefficient (Wildman–Crippen LogP) is 0.764. The van der Waals surface area contributed by atoms with Gasteiger partial charge in [0.25, 0.3) is 0 Å². The second-order valence-corrected chi connectivity index (χ2v) is 4.71. The van der Waals surface area contributed by atoms with Crippen LogP contribution in [0.15, 0.2) is 18.7 Å². The molecule has 20 heavy (non-hydrogen) atoms. The molecule has 0 saturated heterocycles. The summed E-state index contributed by atoms with van der Waals surface area (Å²) in [5.41, 5.74) is 1.80. The minimum atomic E-state index is 0.634. The van der Waals surface area contributed by atoms with Gasteiger partial charge in [0.15, 0.2) is 5.65 Å². The summed E-state index contributed by atoms with van der Waals surface area (Å²) in [6.45, 7) is 0.634. The molecule has 0 bridgehead atoms. The lowest BCUT2D eigenvalue weighted by Crippen LogP contribution is -2.15. The number of nitrogens with one attached hydrogen (secondary N) is 2. The highest BCUT2D eigenvalue weighted by Crippen LogP contribution is 2.18. The van der Waals surface area contributed by atoms with Crippen molar-refractivity contribution in [1.82, 2.24) is 29.7 Å². The summed E-state index contributed by atoms with van der Waals surface area (Å²) in [5, 5.41) is 11.0. The average molecular weight is 272 g/mol. The minimum Gasteiger partial charge on any atom is -0.364 e. The molecule has 0 aromatic carbocycles. The van der Waals surface area contributed by atoms with Crippen molar-refractivity contribution in [1.29, 1.82) is 0 Å². The fourth-order valence-corrected chi connectivity index (χ4v) is 2.09. The summed E-state index contributed by atoms with van der Waals surface area (Å²) in [4.78, 5) is 14.7. The zero-order valence-corrected chi connectivity index (χ0v) is 11.6. The molecule has 0 unspecified atom stereocenters. The fourth-order valence-electron chi connectivity index (χ4n) is 2.09. The summed E-state index contributed by atoms with van der Waals surface area (Å²) in [6.07, 6.45) is 5.08. The van der Waals surface area contributed by atoms with Gasteiger partial charge in [-0.2, -0.15) is 5.10 Å². The molecule has 0 saturated carbocycles. The van der Waals surface area contributed by atoms with E-state index < -0.39 is 0 Å². The lowest BCUT2D eigenvalue weighted by Gasteiger charge is -2.13. The van der Waals surface area contributed by atoms with Gasteiger partial charge in [-0.3, -0.25) is 5.10 Å². The van der Waals surface area contributed by atoms with E-state index in [4.69, 9.17) is 0 Å². The topological polar surface area (TPSA) is 87.6 Å². The van der Waals surface area contributed by atoms with Crippen LogP contribution in [-0.4, -0.2) is 43.8 Å². The van der Waals surface area contributed by atoms with Crippen molar-refractivity contribution in [2.24, 2.45) is 7.05 Å². The predicted molar refractivity (Wildman–Crippen MR) is 76.5 cm³/mol. The molecule has 8 nitrogen and oxygen atoms in total. The SMILES string of the molecule is CN(C)c1ncc(CNc2ncnc3[nH]ncc23)n1C. The lowest BCUT2D eigenvalue weighted by molar-refractivity contribution is 0.813. The third kappa shape index (κ3) is 2.04. The molecule has 0 aliphatic carbocycles. The monoisotopic (exact) mass is 272 g/mol. The van der Waals surface area contributed by atoms with E-state index in [1.54, 1.807) is 6.20 Å². The number of imidazole rings is 1. The molecule has 3 heterocycles. The van der Waals surface area contributed by atoms with Crippen molar-refractivity contribution in [3.05, 3.63) is 24.4 Å². The van der Waals surface area contributed by atoms with Crippen molar-refractivity contribution < 1.29 is 0 Å². The Morgan fingerprint density at radius 3 is 2.85 bits per heavy atom. The Hall–Kier alpha value is -2.64. The Balaban J connectivity index is 1.81. The maximum absolute atomic E-state index is 4.38. The lowest BCUT2D eigenvalue weighted by atomic mass is 10.4. The molecule has 2 N–H and O–H groups in total. The minimum absolute atomic E-state index is 0.634. The Bertz CT molecular complexity index is 726. The smallest absolute Gasteiger partial charge is 0.204 e. The quantitative estimate of drug-likeness (QED) is 0.729. The number of anilines is 2. The largest absolute Gasteiger partial charge is 0.364 e. The van der Waals surface area contributed by atoms with E-state index in [9.17, 15) is 0 Å². The number of aromatic nitrogens is 6. The number of aromatic amines is 1. The van der Waals surface area contributed by atoms with E-state index in [-0.39, 0.29) is 0 Å². The highest BCUT2D eigenvalue weighted by Gasteiger charge is 2.09. The van der Waals surface area contributed by atoms with E-state index in [0.29, 0.717) is 6.54 Å². The number of fused-ring (bicyclic) bond motifs is 1. The van der Waals surface area contributed by atoms with Gasteiger partial charge in [-0.15, -0.1) is 0 Å². The molecule has 0 aliphatic heterocycles. The average Bonchev–Trinajstić information content (AvgIpc) is 3.03. The second-order valence-electron chi connectivity index (χ2n) is 4.71. The first-order valence-corrected chi connectivity index (χ1v) is 6.22. The molecule has 3 aromatic rings.